The summed E-state index contributed by atoms with van der Waals surface area (Å²) in [5, 5.41) is 10.1. The molecule has 2 atom stereocenters. The standard InChI is InChI=1S/C17H24O2/c1-13(10-12-16-17(2,3)19-16)9-11-15(18)14-7-5-4-6-8-14/h4-9,15-16,18H,10-12H2,1-3H3/b13-9+. The normalized spacial score (nSPS) is 23.2. The predicted molar refractivity (Wildman–Crippen MR) is 78.0 cm³/mol. The summed E-state index contributed by atoms with van der Waals surface area (Å²) in [6.45, 7) is 6.40. The van der Waals surface area contributed by atoms with E-state index in [1.54, 1.807) is 0 Å². The van der Waals surface area contributed by atoms with E-state index in [1.165, 1.54) is 5.57 Å². The number of hydrogen-bond acceptors (Lipinski definition) is 2. The number of allylic oxidation sites excluding steroid dienone is 1. The SMILES string of the molecule is C/C(=C\CC(O)c1ccccc1)CCC1OC1(C)C. The molecule has 1 heterocycles. The molecule has 1 saturated heterocycles. The van der Waals surface area contributed by atoms with Gasteiger partial charge in [-0.2, -0.15) is 0 Å². The quantitative estimate of drug-likeness (QED) is 0.619. The highest BCUT2D eigenvalue weighted by atomic mass is 16.6. The van der Waals surface area contributed by atoms with E-state index in [-0.39, 0.29) is 5.60 Å². The van der Waals surface area contributed by atoms with Gasteiger partial charge in [0.2, 0.25) is 0 Å². The van der Waals surface area contributed by atoms with Crippen molar-refractivity contribution in [3.05, 3.63) is 47.5 Å². The van der Waals surface area contributed by atoms with Crippen molar-refractivity contribution in [3.63, 3.8) is 0 Å². The molecule has 19 heavy (non-hydrogen) atoms. The Labute approximate surface area is 116 Å². The Morgan fingerprint density at radius 3 is 2.58 bits per heavy atom. The van der Waals surface area contributed by atoms with Gasteiger partial charge in [-0.15, -0.1) is 0 Å². The average molecular weight is 260 g/mol. The average Bonchev–Trinajstić information content (AvgIpc) is 3.02. The molecular formula is C17H24O2. The van der Waals surface area contributed by atoms with Crippen LogP contribution in [-0.4, -0.2) is 16.8 Å². The van der Waals surface area contributed by atoms with E-state index in [4.69, 9.17) is 4.74 Å². The molecule has 1 aliphatic rings. The van der Waals surface area contributed by atoms with Crippen LogP contribution in [0, 0.1) is 0 Å². The summed E-state index contributed by atoms with van der Waals surface area (Å²) in [6, 6.07) is 9.82. The summed E-state index contributed by atoms with van der Waals surface area (Å²) in [6.07, 6.45) is 4.98. The van der Waals surface area contributed by atoms with Gasteiger partial charge in [0.15, 0.2) is 0 Å². The summed E-state index contributed by atoms with van der Waals surface area (Å²) in [7, 11) is 0. The first-order valence-electron chi connectivity index (χ1n) is 7.05. The monoisotopic (exact) mass is 260 g/mol. The van der Waals surface area contributed by atoms with Crippen molar-refractivity contribution < 1.29 is 9.84 Å². The maximum Gasteiger partial charge on any atom is 0.0892 e. The highest BCUT2D eigenvalue weighted by molar-refractivity contribution is 5.18. The Hall–Kier alpha value is -1.12. The number of ether oxygens (including phenoxy) is 1. The summed E-state index contributed by atoms with van der Waals surface area (Å²) in [5.74, 6) is 0. The first-order valence-corrected chi connectivity index (χ1v) is 7.05. The van der Waals surface area contributed by atoms with Gasteiger partial charge in [0, 0.05) is 0 Å². The second kappa shape index (κ2) is 5.89. The van der Waals surface area contributed by atoms with Gasteiger partial charge in [0.1, 0.15) is 0 Å². The fraction of sp³-hybridized carbons (Fsp3) is 0.529. The fourth-order valence-electron chi connectivity index (χ4n) is 2.32. The lowest BCUT2D eigenvalue weighted by Crippen LogP contribution is -2.02. The molecule has 0 aromatic heterocycles. The molecule has 0 spiro atoms. The maximum atomic E-state index is 10.1. The van der Waals surface area contributed by atoms with Crippen LogP contribution in [0.4, 0.5) is 0 Å². The van der Waals surface area contributed by atoms with Crippen molar-refractivity contribution in [1.82, 2.24) is 0 Å². The molecule has 0 amide bonds. The molecule has 1 aromatic carbocycles. The summed E-state index contributed by atoms with van der Waals surface area (Å²) in [5.41, 5.74) is 2.41. The van der Waals surface area contributed by atoms with Crippen molar-refractivity contribution in [3.8, 4) is 0 Å². The van der Waals surface area contributed by atoms with Crippen LogP contribution in [0.15, 0.2) is 42.0 Å². The van der Waals surface area contributed by atoms with Gasteiger partial charge in [-0.05, 0) is 45.6 Å². The zero-order valence-electron chi connectivity index (χ0n) is 12.1. The highest BCUT2D eigenvalue weighted by Crippen LogP contribution is 2.39. The van der Waals surface area contributed by atoms with E-state index in [1.807, 2.05) is 30.3 Å². The molecule has 1 aromatic rings. The Kier molecular flexibility index (Phi) is 4.43. The van der Waals surface area contributed by atoms with Crippen LogP contribution in [0.1, 0.15) is 51.7 Å². The van der Waals surface area contributed by atoms with Gasteiger partial charge >= 0.3 is 0 Å². The molecule has 0 saturated carbocycles. The minimum atomic E-state index is -0.398. The van der Waals surface area contributed by atoms with Gasteiger partial charge in [0.25, 0.3) is 0 Å². The third-order valence-electron chi connectivity index (χ3n) is 3.84. The van der Waals surface area contributed by atoms with Crippen molar-refractivity contribution in [1.29, 1.82) is 0 Å². The Morgan fingerprint density at radius 1 is 1.37 bits per heavy atom. The first kappa shape index (κ1) is 14.3. The van der Waals surface area contributed by atoms with Gasteiger partial charge in [-0.1, -0.05) is 42.0 Å². The van der Waals surface area contributed by atoms with E-state index in [2.05, 4.69) is 26.8 Å². The number of epoxide rings is 1. The molecule has 2 heteroatoms. The topological polar surface area (TPSA) is 32.8 Å². The van der Waals surface area contributed by atoms with Crippen molar-refractivity contribution in [2.24, 2.45) is 0 Å². The maximum absolute atomic E-state index is 10.1. The zero-order valence-corrected chi connectivity index (χ0v) is 12.1. The first-order chi connectivity index (χ1) is 8.99. The van der Waals surface area contributed by atoms with Crippen LogP contribution >= 0.6 is 0 Å². The van der Waals surface area contributed by atoms with Crippen LogP contribution in [0.25, 0.3) is 0 Å². The van der Waals surface area contributed by atoms with Crippen molar-refractivity contribution in [2.45, 2.75) is 57.8 Å². The molecule has 0 aliphatic carbocycles. The van der Waals surface area contributed by atoms with E-state index in [0.717, 1.165) is 18.4 Å². The summed E-state index contributed by atoms with van der Waals surface area (Å²) < 4.78 is 5.57. The minimum absolute atomic E-state index is 0.0871. The van der Waals surface area contributed by atoms with E-state index >= 15 is 0 Å². The number of aliphatic hydroxyl groups is 1. The fourth-order valence-corrected chi connectivity index (χ4v) is 2.32. The third-order valence-corrected chi connectivity index (χ3v) is 3.84. The van der Waals surface area contributed by atoms with E-state index in [9.17, 15) is 5.11 Å². The summed E-state index contributed by atoms with van der Waals surface area (Å²) >= 11 is 0. The van der Waals surface area contributed by atoms with E-state index < -0.39 is 6.10 Å². The Balaban J connectivity index is 1.75. The number of rotatable bonds is 6. The zero-order chi connectivity index (χ0) is 13.9. The molecule has 2 unspecified atom stereocenters. The molecule has 0 bridgehead atoms. The van der Waals surface area contributed by atoms with Gasteiger partial charge in [0.05, 0.1) is 17.8 Å². The van der Waals surface area contributed by atoms with Crippen molar-refractivity contribution >= 4 is 0 Å². The van der Waals surface area contributed by atoms with Gasteiger partial charge in [-0.3, -0.25) is 0 Å². The smallest absolute Gasteiger partial charge is 0.0892 e. The van der Waals surface area contributed by atoms with Crippen molar-refractivity contribution in [2.75, 3.05) is 0 Å². The molecule has 104 valence electrons. The van der Waals surface area contributed by atoms with Gasteiger partial charge < -0.3 is 9.84 Å². The lowest BCUT2D eigenvalue weighted by atomic mass is 10.0. The van der Waals surface area contributed by atoms with Crippen LogP contribution < -0.4 is 0 Å². The van der Waals surface area contributed by atoms with E-state index in [0.29, 0.717) is 12.5 Å². The molecular weight excluding hydrogens is 236 g/mol. The predicted octanol–water partition coefficient (Wildman–Crippen LogP) is 4.01. The molecule has 2 nitrogen and oxygen atoms in total. The highest BCUT2D eigenvalue weighted by Gasteiger charge is 2.46. The third kappa shape index (κ3) is 4.19. The lowest BCUT2D eigenvalue weighted by molar-refractivity contribution is 0.181. The number of benzene rings is 1. The molecule has 1 fully saturated rings. The lowest BCUT2D eigenvalue weighted by Gasteiger charge is -2.09. The van der Waals surface area contributed by atoms with Crippen LogP contribution in [0.5, 0.6) is 0 Å². The minimum Gasteiger partial charge on any atom is -0.388 e. The van der Waals surface area contributed by atoms with Crippen LogP contribution in [0.2, 0.25) is 0 Å². The number of aliphatic hydroxyl groups excluding tert-OH is 1. The molecule has 1 N–H and O–H groups in total. The van der Waals surface area contributed by atoms with Crippen LogP contribution in [-0.2, 0) is 4.74 Å². The van der Waals surface area contributed by atoms with Gasteiger partial charge in [-0.25, -0.2) is 0 Å². The second-order valence-electron chi connectivity index (χ2n) is 5.96. The molecule has 0 radical (unpaired) electrons. The molecule has 2 rings (SSSR count). The Bertz CT molecular complexity index is 434. The summed E-state index contributed by atoms with van der Waals surface area (Å²) in [4.78, 5) is 0. The van der Waals surface area contributed by atoms with Crippen LogP contribution in [0.3, 0.4) is 0 Å². The number of hydrogen-bond donors (Lipinski definition) is 1. The second-order valence-corrected chi connectivity index (χ2v) is 5.96. The molecule has 1 aliphatic heterocycles. The largest absolute Gasteiger partial charge is 0.388 e. The Morgan fingerprint density at radius 2 is 2.00 bits per heavy atom.